The number of oxime groups is 1. The summed E-state index contributed by atoms with van der Waals surface area (Å²) in [6, 6.07) is 15.4. The van der Waals surface area contributed by atoms with Gasteiger partial charge in [-0.1, -0.05) is 47.6 Å². The maximum atomic E-state index is 11.8. The van der Waals surface area contributed by atoms with E-state index < -0.39 is 5.97 Å². The first-order valence-electron chi connectivity index (χ1n) is 8.35. The van der Waals surface area contributed by atoms with Crippen LogP contribution in [-0.2, 0) is 25.7 Å². The molecule has 0 aliphatic heterocycles. The summed E-state index contributed by atoms with van der Waals surface area (Å²) in [6.07, 6.45) is 1.20. The average Bonchev–Trinajstić information content (AvgIpc) is 2.69. The molecule has 0 aliphatic rings. The van der Waals surface area contributed by atoms with Crippen molar-refractivity contribution in [1.82, 2.24) is 0 Å². The van der Waals surface area contributed by atoms with Crippen molar-refractivity contribution in [3.05, 3.63) is 77.2 Å². The third-order valence-electron chi connectivity index (χ3n) is 3.71. The quantitative estimate of drug-likeness (QED) is 0.232. The molecule has 0 N–H and O–H groups in total. The van der Waals surface area contributed by atoms with Crippen molar-refractivity contribution in [1.29, 1.82) is 0 Å². The summed E-state index contributed by atoms with van der Waals surface area (Å²) in [5, 5.41) is 4.16. The van der Waals surface area contributed by atoms with Gasteiger partial charge in [-0.25, -0.2) is 4.79 Å². The second-order valence-electron chi connectivity index (χ2n) is 5.73. The van der Waals surface area contributed by atoms with E-state index in [0.29, 0.717) is 18.1 Å². The third-order valence-corrected chi connectivity index (χ3v) is 3.71. The maximum Gasteiger partial charge on any atom is 0.377 e. The predicted octanol–water partition coefficient (Wildman–Crippen LogP) is 3.98. The largest absolute Gasteiger partial charge is 0.500 e. The molecule has 0 aromatic heterocycles. The van der Waals surface area contributed by atoms with Gasteiger partial charge in [-0.05, 0) is 31.0 Å². The predicted molar refractivity (Wildman–Crippen MR) is 102 cm³/mol. The summed E-state index contributed by atoms with van der Waals surface area (Å²) in [6.45, 7) is 4.10. The van der Waals surface area contributed by atoms with Gasteiger partial charge >= 0.3 is 5.97 Å². The zero-order valence-electron chi connectivity index (χ0n) is 15.9. The molecule has 0 radical (unpaired) electrons. The minimum absolute atomic E-state index is 0.0461. The lowest BCUT2D eigenvalue weighted by Gasteiger charge is -2.12. The van der Waals surface area contributed by atoms with E-state index in [4.69, 9.17) is 19.0 Å². The molecule has 0 spiro atoms. The van der Waals surface area contributed by atoms with E-state index >= 15 is 0 Å². The molecule has 0 fully saturated rings. The maximum absolute atomic E-state index is 11.8. The van der Waals surface area contributed by atoms with Gasteiger partial charge in [-0.2, -0.15) is 0 Å². The Balaban J connectivity index is 2.14. The minimum Gasteiger partial charge on any atom is -0.500 e. The van der Waals surface area contributed by atoms with Crippen molar-refractivity contribution in [2.75, 3.05) is 14.2 Å². The van der Waals surface area contributed by atoms with Gasteiger partial charge in [0.2, 0.25) is 5.76 Å². The summed E-state index contributed by atoms with van der Waals surface area (Å²) >= 11 is 0. The first-order chi connectivity index (χ1) is 13.0. The van der Waals surface area contributed by atoms with Crippen LogP contribution in [0, 0.1) is 6.92 Å². The number of carbonyl (C=O) groups is 1. The fourth-order valence-corrected chi connectivity index (χ4v) is 2.21. The van der Waals surface area contributed by atoms with Crippen LogP contribution in [0.25, 0.3) is 0 Å². The smallest absolute Gasteiger partial charge is 0.377 e. The lowest BCUT2D eigenvalue weighted by atomic mass is 10.1. The number of ether oxygens (including phenoxy) is 3. The van der Waals surface area contributed by atoms with E-state index in [1.165, 1.54) is 20.5 Å². The molecule has 0 aliphatic carbocycles. The lowest BCUT2D eigenvalue weighted by Crippen LogP contribution is -2.12. The fourth-order valence-electron chi connectivity index (χ4n) is 2.21. The van der Waals surface area contributed by atoms with Crippen LogP contribution in [-0.4, -0.2) is 25.9 Å². The molecular weight excluding hydrogens is 346 g/mol. The molecule has 6 nitrogen and oxygen atoms in total. The van der Waals surface area contributed by atoms with E-state index in [9.17, 15) is 4.79 Å². The molecular formula is C21H23NO5. The highest BCUT2D eigenvalue weighted by Gasteiger charge is 2.15. The van der Waals surface area contributed by atoms with Crippen LogP contribution in [0.5, 0.6) is 5.75 Å². The number of methoxy groups -OCH3 is 2. The van der Waals surface area contributed by atoms with Crippen LogP contribution in [0.1, 0.15) is 23.6 Å². The Bertz CT molecular complexity index is 828. The molecule has 0 saturated carbocycles. The molecule has 0 saturated heterocycles. The normalized spacial score (nSPS) is 11.7. The summed E-state index contributed by atoms with van der Waals surface area (Å²) in [5.41, 5.74) is 3.38. The van der Waals surface area contributed by atoms with Crippen LogP contribution in [0.2, 0.25) is 0 Å². The SMILES string of the molecule is CO/C=C(/Oc1cc(/C(C)=N/OCc2ccccc2)ccc1C)C(=O)OC. The Kier molecular flexibility index (Phi) is 7.43. The number of esters is 1. The zero-order chi connectivity index (χ0) is 19.6. The monoisotopic (exact) mass is 369 g/mol. The highest BCUT2D eigenvalue weighted by molar-refractivity contribution is 5.98. The highest BCUT2D eigenvalue weighted by atomic mass is 16.6. The van der Waals surface area contributed by atoms with Gasteiger partial charge in [0.05, 0.1) is 19.9 Å². The Morgan fingerprint density at radius 1 is 1.11 bits per heavy atom. The van der Waals surface area contributed by atoms with Crippen LogP contribution in [0.4, 0.5) is 0 Å². The second kappa shape index (κ2) is 10.0. The summed E-state index contributed by atoms with van der Waals surface area (Å²) in [5.74, 6) is -0.174. The molecule has 0 bridgehead atoms. The Morgan fingerprint density at radius 3 is 2.52 bits per heavy atom. The van der Waals surface area contributed by atoms with E-state index in [-0.39, 0.29) is 5.76 Å². The molecule has 0 amide bonds. The Morgan fingerprint density at radius 2 is 1.85 bits per heavy atom. The summed E-state index contributed by atoms with van der Waals surface area (Å²) < 4.78 is 15.2. The molecule has 2 rings (SSSR count). The first kappa shape index (κ1) is 20.0. The lowest BCUT2D eigenvalue weighted by molar-refractivity contribution is -0.138. The fraction of sp³-hybridized carbons (Fsp3) is 0.238. The Labute approximate surface area is 159 Å². The number of carbonyl (C=O) groups excluding carboxylic acids is 1. The van der Waals surface area contributed by atoms with Gasteiger partial charge in [0.15, 0.2) is 0 Å². The number of hydrogen-bond acceptors (Lipinski definition) is 6. The van der Waals surface area contributed by atoms with Gasteiger partial charge in [0.25, 0.3) is 0 Å². The third kappa shape index (κ3) is 5.88. The average molecular weight is 369 g/mol. The zero-order valence-corrected chi connectivity index (χ0v) is 15.9. The van der Waals surface area contributed by atoms with Crippen LogP contribution >= 0.6 is 0 Å². The van der Waals surface area contributed by atoms with Gasteiger partial charge in [-0.15, -0.1) is 0 Å². The number of rotatable bonds is 8. The van der Waals surface area contributed by atoms with Crippen molar-refractivity contribution in [3.63, 3.8) is 0 Å². The molecule has 27 heavy (non-hydrogen) atoms. The van der Waals surface area contributed by atoms with Gasteiger partial charge in [-0.3, -0.25) is 0 Å². The number of nitrogens with zero attached hydrogens (tertiary/aromatic N) is 1. The highest BCUT2D eigenvalue weighted by Crippen LogP contribution is 2.23. The molecule has 2 aromatic carbocycles. The second-order valence-corrected chi connectivity index (χ2v) is 5.73. The number of benzene rings is 2. The topological polar surface area (TPSA) is 66.3 Å². The van der Waals surface area contributed by atoms with Gasteiger partial charge in [0.1, 0.15) is 18.6 Å². The minimum atomic E-state index is -0.627. The van der Waals surface area contributed by atoms with Crippen LogP contribution in [0.15, 0.2) is 65.7 Å². The molecule has 2 aromatic rings. The van der Waals surface area contributed by atoms with Crippen molar-refractivity contribution >= 4 is 11.7 Å². The summed E-state index contributed by atoms with van der Waals surface area (Å²) in [7, 11) is 2.70. The van der Waals surface area contributed by atoms with Crippen LogP contribution in [0.3, 0.4) is 0 Å². The van der Waals surface area contributed by atoms with E-state index in [1.807, 2.05) is 56.3 Å². The molecule has 0 atom stereocenters. The van der Waals surface area contributed by atoms with Gasteiger partial charge in [0, 0.05) is 5.56 Å². The van der Waals surface area contributed by atoms with E-state index in [2.05, 4.69) is 5.16 Å². The van der Waals surface area contributed by atoms with Crippen molar-refractivity contribution < 1.29 is 23.8 Å². The van der Waals surface area contributed by atoms with Crippen molar-refractivity contribution in [3.8, 4) is 5.75 Å². The van der Waals surface area contributed by atoms with Crippen LogP contribution < -0.4 is 4.74 Å². The van der Waals surface area contributed by atoms with Crippen molar-refractivity contribution in [2.24, 2.45) is 5.16 Å². The molecule has 6 heteroatoms. The Hall–Kier alpha value is -3.28. The first-order valence-corrected chi connectivity index (χ1v) is 8.35. The van der Waals surface area contributed by atoms with E-state index in [1.54, 1.807) is 6.07 Å². The number of aryl methyl sites for hydroxylation is 1. The van der Waals surface area contributed by atoms with E-state index in [0.717, 1.165) is 16.7 Å². The standard InChI is InChI=1S/C21H23NO5/c1-15-10-11-18(12-19(15)27-20(14-24-3)21(23)25-4)16(2)22-26-13-17-8-6-5-7-9-17/h5-12,14H,13H2,1-4H3/b20-14+,22-16+. The number of hydrogen-bond donors (Lipinski definition) is 0. The van der Waals surface area contributed by atoms with Gasteiger partial charge < -0.3 is 19.0 Å². The summed E-state index contributed by atoms with van der Waals surface area (Å²) in [4.78, 5) is 17.2. The molecule has 0 unspecified atom stereocenters. The van der Waals surface area contributed by atoms with Crippen molar-refractivity contribution in [2.45, 2.75) is 20.5 Å². The molecule has 0 heterocycles. The molecule has 142 valence electrons.